The van der Waals surface area contributed by atoms with Crippen LogP contribution in [0.25, 0.3) is 5.57 Å². The molecule has 2 aliphatic rings. The molecule has 72 valence electrons. The average molecular weight is 186 g/mol. The second kappa shape index (κ2) is 2.92. The van der Waals surface area contributed by atoms with E-state index in [0.29, 0.717) is 0 Å². The Morgan fingerprint density at radius 2 is 2.29 bits per heavy atom. The quantitative estimate of drug-likeness (QED) is 0.721. The normalized spacial score (nSPS) is 29.4. The molecule has 0 radical (unpaired) electrons. The van der Waals surface area contributed by atoms with Crippen LogP contribution in [0.2, 0.25) is 0 Å². The molecule has 2 nitrogen and oxygen atoms in total. The van der Waals surface area contributed by atoms with Crippen LogP contribution in [0.1, 0.15) is 11.3 Å². The van der Waals surface area contributed by atoms with Gasteiger partial charge in [0.2, 0.25) is 0 Å². The van der Waals surface area contributed by atoms with Crippen molar-refractivity contribution in [3.63, 3.8) is 0 Å². The highest BCUT2D eigenvalue weighted by molar-refractivity contribution is 5.73. The molecule has 1 aromatic heterocycles. The molecule has 0 bridgehead atoms. The number of fused-ring (bicyclic) bond motifs is 1. The summed E-state index contributed by atoms with van der Waals surface area (Å²) in [5.74, 6) is 1.53. The van der Waals surface area contributed by atoms with E-state index >= 15 is 0 Å². The molecular formula is C12H14N2. The molecule has 3 rings (SSSR count). The molecule has 1 saturated heterocycles. The van der Waals surface area contributed by atoms with Gasteiger partial charge in [0.05, 0.1) is 0 Å². The Morgan fingerprint density at radius 3 is 3.00 bits per heavy atom. The van der Waals surface area contributed by atoms with Gasteiger partial charge in [-0.15, -0.1) is 0 Å². The van der Waals surface area contributed by atoms with Gasteiger partial charge in [-0.25, -0.2) is 0 Å². The van der Waals surface area contributed by atoms with Gasteiger partial charge in [-0.05, 0) is 30.0 Å². The number of nitrogens with one attached hydrogen (secondary N) is 1. The molecule has 1 aromatic rings. The fourth-order valence-corrected chi connectivity index (χ4v) is 2.40. The largest absolute Gasteiger partial charge is 0.315 e. The summed E-state index contributed by atoms with van der Waals surface area (Å²) in [4.78, 5) is 4.33. The van der Waals surface area contributed by atoms with Gasteiger partial charge in [-0.2, -0.15) is 0 Å². The molecule has 0 unspecified atom stereocenters. The summed E-state index contributed by atoms with van der Waals surface area (Å²) in [6.45, 7) is 4.33. The Balaban J connectivity index is 1.90. The Kier molecular flexibility index (Phi) is 1.71. The highest BCUT2D eigenvalue weighted by Crippen LogP contribution is 2.41. The van der Waals surface area contributed by atoms with Crippen LogP contribution in [0, 0.1) is 18.8 Å². The van der Waals surface area contributed by atoms with E-state index in [2.05, 4.69) is 28.5 Å². The number of pyridine rings is 1. The maximum absolute atomic E-state index is 4.33. The summed E-state index contributed by atoms with van der Waals surface area (Å²) in [6.07, 6.45) is 4.38. The maximum atomic E-state index is 4.33. The zero-order chi connectivity index (χ0) is 9.54. The summed E-state index contributed by atoms with van der Waals surface area (Å²) in [5.41, 5.74) is 3.89. The van der Waals surface area contributed by atoms with Crippen molar-refractivity contribution in [3.05, 3.63) is 35.7 Å². The van der Waals surface area contributed by atoms with Gasteiger partial charge >= 0.3 is 0 Å². The highest BCUT2D eigenvalue weighted by atomic mass is 14.9. The molecule has 1 N–H and O–H groups in total. The van der Waals surface area contributed by atoms with Crippen LogP contribution >= 0.6 is 0 Å². The number of nitrogens with zero attached hydrogens (tertiary/aromatic N) is 1. The van der Waals surface area contributed by atoms with E-state index in [1.807, 2.05) is 13.1 Å². The molecule has 2 heterocycles. The SMILES string of the molecule is Cc1ccc(C2=C[C@@H]3CNC[C@H]23)cn1. The minimum Gasteiger partial charge on any atom is -0.315 e. The zero-order valence-corrected chi connectivity index (χ0v) is 8.33. The molecule has 14 heavy (non-hydrogen) atoms. The van der Waals surface area contributed by atoms with Crippen molar-refractivity contribution >= 4 is 5.57 Å². The van der Waals surface area contributed by atoms with Gasteiger partial charge in [0.1, 0.15) is 0 Å². The van der Waals surface area contributed by atoms with Gasteiger partial charge in [-0.1, -0.05) is 12.1 Å². The molecule has 0 spiro atoms. The summed E-state index contributed by atoms with van der Waals surface area (Å²) in [7, 11) is 0. The van der Waals surface area contributed by atoms with E-state index in [4.69, 9.17) is 0 Å². The van der Waals surface area contributed by atoms with Crippen LogP contribution in [0.5, 0.6) is 0 Å². The molecule has 0 amide bonds. The van der Waals surface area contributed by atoms with E-state index < -0.39 is 0 Å². The van der Waals surface area contributed by atoms with Crippen molar-refractivity contribution in [2.45, 2.75) is 6.92 Å². The lowest BCUT2D eigenvalue weighted by Crippen LogP contribution is -2.22. The number of hydrogen-bond donors (Lipinski definition) is 1. The first-order valence-electron chi connectivity index (χ1n) is 5.20. The van der Waals surface area contributed by atoms with Crippen molar-refractivity contribution in [2.75, 3.05) is 13.1 Å². The maximum Gasteiger partial charge on any atom is 0.0373 e. The minimum atomic E-state index is 0.750. The van der Waals surface area contributed by atoms with Crippen molar-refractivity contribution < 1.29 is 0 Å². The molecule has 2 heteroatoms. The highest BCUT2D eigenvalue weighted by Gasteiger charge is 2.36. The Labute approximate surface area is 84.1 Å². The second-order valence-corrected chi connectivity index (χ2v) is 4.24. The zero-order valence-electron chi connectivity index (χ0n) is 8.33. The van der Waals surface area contributed by atoms with Gasteiger partial charge in [0.15, 0.2) is 0 Å². The average Bonchev–Trinajstić information content (AvgIpc) is 2.52. The lowest BCUT2D eigenvalue weighted by atomic mass is 9.74. The van der Waals surface area contributed by atoms with Crippen LogP contribution in [0.3, 0.4) is 0 Å². The third kappa shape index (κ3) is 1.11. The number of hydrogen-bond acceptors (Lipinski definition) is 2. The standard InChI is InChI=1S/C12H14N2/c1-8-2-3-9(6-14-8)11-4-10-5-13-7-12(10)11/h2-4,6,10,12-13H,5,7H2,1H3/t10-,12+/m1/s1. The van der Waals surface area contributed by atoms with Crippen LogP contribution < -0.4 is 5.32 Å². The Bertz CT molecular complexity index is 378. The Morgan fingerprint density at radius 1 is 1.36 bits per heavy atom. The van der Waals surface area contributed by atoms with Crippen molar-refractivity contribution in [1.29, 1.82) is 0 Å². The van der Waals surface area contributed by atoms with Crippen molar-refractivity contribution in [3.8, 4) is 0 Å². The lowest BCUT2D eigenvalue weighted by molar-refractivity contribution is 0.564. The van der Waals surface area contributed by atoms with E-state index in [1.54, 1.807) is 0 Å². The third-order valence-electron chi connectivity index (χ3n) is 3.30. The van der Waals surface area contributed by atoms with E-state index in [9.17, 15) is 0 Å². The van der Waals surface area contributed by atoms with Crippen LogP contribution in [0.4, 0.5) is 0 Å². The molecular weight excluding hydrogens is 172 g/mol. The van der Waals surface area contributed by atoms with Gasteiger partial charge in [-0.3, -0.25) is 4.98 Å². The van der Waals surface area contributed by atoms with E-state index in [-0.39, 0.29) is 0 Å². The minimum absolute atomic E-state index is 0.750. The predicted octanol–water partition coefficient (Wildman–Crippen LogP) is 1.62. The van der Waals surface area contributed by atoms with Crippen LogP contribution in [0.15, 0.2) is 24.4 Å². The first kappa shape index (κ1) is 8.18. The third-order valence-corrected chi connectivity index (χ3v) is 3.30. The molecule has 0 saturated carbocycles. The molecule has 1 aliphatic heterocycles. The molecule has 1 aliphatic carbocycles. The van der Waals surface area contributed by atoms with Crippen molar-refractivity contribution in [2.24, 2.45) is 11.8 Å². The fourth-order valence-electron chi connectivity index (χ4n) is 2.40. The molecule has 2 atom stereocenters. The lowest BCUT2D eigenvalue weighted by Gasteiger charge is -2.29. The van der Waals surface area contributed by atoms with Crippen LogP contribution in [-0.4, -0.2) is 18.1 Å². The first-order valence-corrected chi connectivity index (χ1v) is 5.20. The van der Waals surface area contributed by atoms with Gasteiger partial charge in [0.25, 0.3) is 0 Å². The summed E-state index contributed by atoms with van der Waals surface area (Å²) in [5, 5.41) is 3.42. The van der Waals surface area contributed by atoms with E-state index in [0.717, 1.165) is 30.6 Å². The Hall–Kier alpha value is -1.15. The number of rotatable bonds is 1. The second-order valence-electron chi connectivity index (χ2n) is 4.24. The van der Waals surface area contributed by atoms with Crippen LogP contribution in [-0.2, 0) is 0 Å². The van der Waals surface area contributed by atoms with Gasteiger partial charge < -0.3 is 5.32 Å². The van der Waals surface area contributed by atoms with E-state index in [1.165, 1.54) is 11.1 Å². The number of aryl methyl sites for hydroxylation is 1. The monoisotopic (exact) mass is 186 g/mol. The first-order chi connectivity index (χ1) is 6.84. The number of aromatic nitrogens is 1. The summed E-state index contributed by atoms with van der Waals surface area (Å²) >= 11 is 0. The van der Waals surface area contributed by atoms with Crippen molar-refractivity contribution in [1.82, 2.24) is 10.3 Å². The molecule has 0 aromatic carbocycles. The molecule has 1 fully saturated rings. The fraction of sp³-hybridized carbons (Fsp3) is 0.417. The summed E-state index contributed by atoms with van der Waals surface area (Å²) < 4.78 is 0. The predicted molar refractivity (Wildman–Crippen MR) is 56.8 cm³/mol. The smallest absolute Gasteiger partial charge is 0.0373 e. The summed E-state index contributed by atoms with van der Waals surface area (Å²) in [6, 6.07) is 4.27. The topological polar surface area (TPSA) is 24.9 Å². The van der Waals surface area contributed by atoms with Gasteiger partial charge in [0, 0.05) is 30.9 Å².